The van der Waals surface area contributed by atoms with Crippen LogP contribution in [-0.4, -0.2) is 39.1 Å². The second-order valence-corrected chi connectivity index (χ2v) is 6.17. The minimum Gasteiger partial charge on any atom is -0.395 e. The van der Waals surface area contributed by atoms with Crippen LogP contribution < -0.4 is 16.4 Å². The fraction of sp³-hybridized carbons (Fsp3) is 0.211. The standard InChI is InChI=1S/C19H18FN7O2/c1-10(26-18-13(8-21)17(22)24-9-25-18)16-12(19(29)23-5-6-28)7-11-14(20)3-2-4-15(11)27-16/h2-4,7,9-10,28H,5-6H2,1H3,(H,23,29)(H3,22,24,25,26)/t10-/m0/s1. The third-order valence-corrected chi connectivity index (χ3v) is 4.23. The number of nitrogen functional groups attached to an aromatic ring is 1. The van der Waals surface area contributed by atoms with Crippen LogP contribution in [0.25, 0.3) is 10.9 Å². The van der Waals surface area contributed by atoms with E-state index in [9.17, 15) is 14.4 Å². The Hall–Kier alpha value is -3.84. The van der Waals surface area contributed by atoms with Crippen molar-refractivity contribution < 1.29 is 14.3 Å². The monoisotopic (exact) mass is 395 g/mol. The lowest BCUT2D eigenvalue weighted by atomic mass is 10.0. The molecular formula is C19H18FN7O2. The topological polar surface area (TPSA) is 150 Å². The Kier molecular flexibility index (Phi) is 5.80. The first-order chi connectivity index (χ1) is 14.0. The molecular weight excluding hydrogens is 377 g/mol. The molecule has 5 N–H and O–H groups in total. The van der Waals surface area contributed by atoms with Crippen molar-refractivity contribution in [2.24, 2.45) is 0 Å². The van der Waals surface area contributed by atoms with Crippen molar-refractivity contribution in [3.63, 3.8) is 0 Å². The highest BCUT2D eigenvalue weighted by atomic mass is 19.1. The number of aliphatic hydroxyl groups is 1. The first-order valence-corrected chi connectivity index (χ1v) is 8.71. The molecule has 1 aromatic carbocycles. The van der Waals surface area contributed by atoms with Crippen molar-refractivity contribution in [1.82, 2.24) is 20.3 Å². The SMILES string of the molecule is C[C@H](Nc1ncnc(N)c1C#N)c1nc2cccc(F)c2cc1C(=O)NCCO. The maximum atomic E-state index is 14.2. The van der Waals surface area contributed by atoms with Crippen LogP contribution in [0.2, 0.25) is 0 Å². The van der Waals surface area contributed by atoms with Gasteiger partial charge in [-0.3, -0.25) is 4.79 Å². The Morgan fingerprint density at radius 2 is 2.21 bits per heavy atom. The minimum absolute atomic E-state index is 0.0201. The lowest BCUT2D eigenvalue weighted by Crippen LogP contribution is -2.28. The number of nitrogens with two attached hydrogens (primary N) is 1. The van der Waals surface area contributed by atoms with Crippen LogP contribution in [-0.2, 0) is 0 Å². The highest BCUT2D eigenvalue weighted by molar-refractivity contribution is 5.99. The van der Waals surface area contributed by atoms with E-state index >= 15 is 0 Å². The summed E-state index contributed by atoms with van der Waals surface area (Å²) in [5.74, 6) is -0.807. The van der Waals surface area contributed by atoms with Crippen molar-refractivity contribution in [3.8, 4) is 6.07 Å². The van der Waals surface area contributed by atoms with E-state index in [1.807, 2.05) is 6.07 Å². The lowest BCUT2D eigenvalue weighted by molar-refractivity contribution is 0.0943. The average molecular weight is 395 g/mol. The lowest BCUT2D eigenvalue weighted by Gasteiger charge is -2.19. The molecule has 2 aromatic heterocycles. The summed E-state index contributed by atoms with van der Waals surface area (Å²) < 4.78 is 14.2. The molecule has 0 spiro atoms. The van der Waals surface area contributed by atoms with E-state index in [0.717, 1.165) is 0 Å². The number of nitrogens with zero attached hydrogens (tertiary/aromatic N) is 4. The van der Waals surface area contributed by atoms with Gasteiger partial charge in [0.1, 0.15) is 35.4 Å². The van der Waals surface area contributed by atoms with Gasteiger partial charge in [0.25, 0.3) is 5.91 Å². The Labute approximate surface area is 165 Å². The minimum atomic E-state index is -0.584. The van der Waals surface area contributed by atoms with Crippen molar-refractivity contribution in [2.75, 3.05) is 24.2 Å². The summed E-state index contributed by atoms with van der Waals surface area (Å²) in [6, 6.07) is 7.20. The molecule has 148 valence electrons. The van der Waals surface area contributed by atoms with E-state index in [4.69, 9.17) is 10.8 Å². The molecule has 10 heteroatoms. The van der Waals surface area contributed by atoms with Gasteiger partial charge < -0.3 is 21.5 Å². The zero-order valence-corrected chi connectivity index (χ0v) is 15.5. The molecule has 0 aliphatic carbocycles. The Morgan fingerprint density at radius 3 is 2.93 bits per heavy atom. The molecule has 2 heterocycles. The van der Waals surface area contributed by atoms with Crippen LogP contribution in [0.4, 0.5) is 16.0 Å². The molecule has 3 rings (SSSR count). The van der Waals surface area contributed by atoms with Gasteiger partial charge in [0, 0.05) is 11.9 Å². The fourth-order valence-corrected chi connectivity index (χ4v) is 2.84. The molecule has 0 aliphatic heterocycles. The number of amides is 1. The number of hydrogen-bond donors (Lipinski definition) is 4. The van der Waals surface area contributed by atoms with E-state index in [1.54, 1.807) is 13.0 Å². The summed E-state index contributed by atoms with van der Waals surface area (Å²) in [5.41, 5.74) is 6.60. The molecule has 0 fully saturated rings. The molecule has 0 saturated heterocycles. The number of carbonyl (C=O) groups is 1. The number of halogens is 1. The summed E-state index contributed by atoms with van der Waals surface area (Å²) in [6.45, 7) is 1.52. The zero-order chi connectivity index (χ0) is 21.0. The number of nitriles is 1. The van der Waals surface area contributed by atoms with Crippen molar-refractivity contribution in [3.05, 3.63) is 53.2 Å². The van der Waals surface area contributed by atoms with Gasteiger partial charge in [-0.15, -0.1) is 0 Å². The normalized spacial score (nSPS) is 11.7. The molecule has 1 amide bonds. The summed E-state index contributed by atoms with van der Waals surface area (Å²) in [7, 11) is 0. The first-order valence-electron chi connectivity index (χ1n) is 8.71. The van der Waals surface area contributed by atoms with E-state index in [1.165, 1.54) is 24.5 Å². The molecule has 0 radical (unpaired) electrons. The van der Waals surface area contributed by atoms with Gasteiger partial charge in [0.2, 0.25) is 0 Å². The summed E-state index contributed by atoms with van der Waals surface area (Å²) in [4.78, 5) is 24.9. The summed E-state index contributed by atoms with van der Waals surface area (Å²) >= 11 is 0. The van der Waals surface area contributed by atoms with E-state index < -0.39 is 17.8 Å². The molecule has 0 aliphatic rings. The van der Waals surface area contributed by atoms with Gasteiger partial charge in [-0.05, 0) is 25.1 Å². The number of nitrogens with one attached hydrogen (secondary N) is 2. The summed E-state index contributed by atoms with van der Waals surface area (Å²) in [5, 5.41) is 24.0. The highest BCUT2D eigenvalue weighted by Gasteiger charge is 2.21. The van der Waals surface area contributed by atoms with Crippen LogP contribution in [0.5, 0.6) is 0 Å². The zero-order valence-electron chi connectivity index (χ0n) is 15.5. The Morgan fingerprint density at radius 1 is 1.41 bits per heavy atom. The quantitative estimate of drug-likeness (QED) is 0.490. The molecule has 9 nitrogen and oxygen atoms in total. The second kappa shape index (κ2) is 8.45. The number of benzene rings is 1. The number of hydrogen-bond acceptors (Lipinski definition) is 8. The Balaban J connectivity index is 2.08. The third kappa shape index (κ3) is 4.04. The maximum absolute atomic E-state index is 14.2. The van der Waals surface area contributed by atoms with Gasteiger partial charge in [-0.1, -0.05) is 6.07 Å². The van der Waals surface area contributed by atoms with E-state index in [2.05, 4.69) is 25.6 Å². The van der Waals surface area contributed by atoms with Gasteiger partial charge in [0.05, 0.1) is 29.4 Å². The van der Waals surface area contributed by atoms with Crippen LogP contribution in [0, 0.1) is 17.1 Å². The van der Waals surface area contributed by atoms with Crippen molar-refractivity contribution in [2.45, 2.75) is 13.0 Å². The van der Waals surface area contributed by atoms with Crippen LogP contribution in [0.15, 0.2) is 30.6 Å². The second-order valence-electron chi connectivity index (χ2n) is 6.17. The third-order valence-electron chi connectivity index (χ3n) is 4.23. The fourth-order valence-electron chi connectivity index (χ4n) is 2.84. The van der Waals surface area contributed by atoms with Crippen LogP contribution >= 0.6 is 0 Å². The largest absolute Gasteiger partial charge is 0.395 e. The molecule has 29 heavy (non-hydrogen) atoms. The average Bonchev–Trinajstić information content (AvgIpc) is 2.71. The van der Waals surface area contributed by atoms with Crippen molar-refractivity contribution in [1.29, 1.82) is 5.26 Å². The molecule has 1 atom stereocenters. The van der Waals surface area contributed by atoms with Crippen LogP contribution in [0.1, 0.15) is 34.6 Å². The van der Waals surface area contributed by atoms with Gasteiger partial charge in [-0.2, -0.15) is 5.26 Å². The van der Waals surface area contributed by atoms with Gasteiger partial charge >= 0.3 is 0 Å². The first kappa shape index (κ1) is 19.9. The smallest absolute Gasteiger partial charge is 0.253 e. The van der Waals surface area contributed by atoms with Crippen LogP contribution in [0.3, 0.4) is 0 Å². The number of aliphatic hydroxyl groups excluding tert-OH is 1. The Bertz CT molecular complexity index is 1110. The molecule has 0 saturated carbocycles. The van der Waals surface area contributed by atoms with Gasteiger partial charge in [0.15, 0.2) is 0 Å². The number of aromatic nitrogens is 3. The predicted molar refractivity (Wildman–Crippen MR) is 104 cm³/mol. The molecule has 3 aromatic rings. The maximum Gasteiger partial charge on any atom is 0.253 e. The highest BCUT2D eigenvalue weighted by Crippen LogP contribution is 2.27. The molecule has 0 unspecified atom stereocenters. The number of anilines is 2. The number of rotatable bonds is 6. The van der Waals surface area contributed by atoms with Gasteiger partial charge in [-0.25, -0.2) is 19.3 Å². The van der Waals surface area contributed by atoms with E-state index in [0.29, 0.717) is 11.2 Å². The predicted octanol–water partition coefficient (Wildman–Crippen LogP) is 1.51. The van der Waals surface area contributed by atoms with Crippen molar-refractivity contribution >= 4 is 28.4 Å². The molecule has 0 bridgehead atoms. The van der Waals surface area contributed by atoms with E-state index in [-0.39, 0.29) is 41.3 Å². The number of pyridine rings is 1. The number of fused-ring (bicyclic) bond motifs is 1. The summed E-state index contributed by atoms with van der Waals surface area (Å²) in [6.07, 6.45) is 1.21. The number of carbonyl (C=O) groups excluding carboxylic acids is 1.